The van der Waals surface area contributed by atoms with Gasteiger partial charge < -0.3 is 20.2 Å². The summed E-state index contributed by atoms with van der Waals surface area (Å²) >= 11 is 0. The maximum atomic E-state index is 11.7. The highest BCUT2D eigenvalue weighted by molar-refractivity contribution is 5.76. The van der Waals surface area contributed by atoms with E-state index in [0.717, 1.165) is 37.5 Å². The number of pyridine rings is 1. The number of fused-ring (bicyclic) bond motifs is 1. The summed E-state index contributed by atoms with van der Waals surface area (Å²) < 4.78 is 0. The lowest BCUT2D eigenvalue weighted by atomic mass is 10.3. The minimum absolute atomic E-state index is 0.132. The Morgan fingerprint density at radius 3 is 2.94 bits per heavy atom. The van der Waals surface area contributed by atoms with Crippen molar-refractivity contribution in [1.29, 1.82) is 0 Å². The molecule has 1 saturated heterocycles. The molecule has 0 unspecified atom stereocenters. The van der Waals surface area contributed by atoms with E-state index in [0.29, 0.717) is 5.52 Å². The van der Waals surface area contributed by atoms with E-state index in [1.807, 2.05) is 6.07 Å². The first-order valence-electron chi connectivity index (χ1n) is 5.37. The van der Waals surface area contributed by atoms with Gasteiger partial charge in [0.25, 0.3) is 5.56 Å². The number of imidazole rings is 1. The maximum Gasteiger partial charge on any atom is 0.277 e. The van der Waals surface area contributed by atoms with E-state index in [1.54, 1.807) is 6.33 Å². The van der Waals surface area contributed by atoms with Crippen molar-refractivity contribution >= 4 is 16.9 Å². The number of rotatable bonds is 1. The van der Waals surface area contributed by atoms with Gasteiger partial charge in [0.05, 0.1) is 11.8 Å². The van der Waals surface area contributed by atoms with E-state index in [-0.39, 0.29) is 5.56 Å². The van der Waals surface area contributed by atoms with Crippen LogP contribution in [0.2, 0.25) is 0 Å². The molecule has 0 amide bonds. The number of hydrogen-bond donors (Lipinski definition) is 3. The summed E-state index contributed by atoms with van der Waals surface area (Å²) in [5.74, 6) is 0.864. The Morgan fingerprint density at radius 2 is 2.12 bits per heavy atom. The van der Waals surface area contributed by atoms with Gasteiger partial charge in [-0.15, -0.1) is 0 Å². The normalized spacial score (nSPS) is 16.9. The third kappa shape index (κ3) is 1.47. The fourth-order valence-corrected chi connectivity index (χ4v) is 2.02. The summed E-state index contributed by atoms with van der Waals surface area (Å²) in [4.78, 5) is 23.7. The number of nitrogens with zero attached hydrogens (tertiary/aromatic N) is 2. The third-order valence-corrected chi connectivity index (χ3v) is 2.86. The Morgan fingerprint density at radius 1 is 1.31 bits per heavy atom. The smallest absolute Gasteiger partial charge is 0.277 e. The molecular weight excluding hydrogens is 206 g/mol. The molecule has 6 heteroatoms. The summed E-state index contributed by atoms with van der Waals surface area (Å²) in [7, 11) is 0. The molecule has 0 atom stereocenters. The van der Waals surface area contributed by atoms with Crippen molar-refractivity contribution < 1.29 is 0 Å². The number of anilines is 1. The molecule has 16 heavy (non-hydrogen) atoms. The highest BCUT2D eigenvalue weighted by Crippen LogP contribution is 2.13. The van der Waals surface area contributed by atoms with Crippen molar-refractivity contribution in [3.05, 3.63) is 22.7 Å². The second kappa shape index (κ2) is 3.64. The molecule has 6 nitrogen and oxygen atoms in total. The molecule has 1 aliphatic rings. The van der Waals surface area contributed by atoms with E-state index < -0.39 is 0 Å². The van der Waals surface area contributed by atoms with E-state index in [4.69, 9.17) is 0 Å². The summed E-state index contributed by atoms with van der Waals surface area (Å²) in [5, 5.41) is 3.28. The molecule has 0 bridgehead atoms. The SMILES string of the molecule is O=c1[nH]c(N2CCNCC2)cc2[nH]cnc12. The van der Waals surface area contributed by atoms with Crippen LogP contribution in [0.5, 0.6) is 0 Å². The summed E-state index contributed by atoms with van der Waals surface area (Å²) in [6, 6.07) is 1.94. The van der Waals surface area contributed by atoms with E-state index in [9.17, 15) is 4.79 Å². The Bertz CT molecular complexity index is 552. The zero-order chi connectivity index (χ0) is 11.0. The first-order valence-corrected chi connectivity index (χ1v) is 5.37. The Kier molecular flexibility index (Phi) is 2.14. The number of hydrogen-bond acceptors (Lipinski definition) is 4. The second-order valence-corrected chi connectivity index (χ2v) is 3.89. The van der Waals surface area contributed by atoms with Crippen LogP contribution in [0.15, 0.2) is 17.2 Å². The average Bonchev–Trinajstić information content (AvgIpc) is 2.79. The van der Waals surface area contributed by atoms with Crippen LogP contribution < -0.4 is 15.8 Å². The van der Waals surface area contributed by atoms with Crippen molar-refractivity contribution in [2.45, 2.75) is 0 Å². The third-order valence-electron chi connectivity index (χ3n) is 2.86. The molecule has 84 valence electrons. The van der Waals surface area contributed by atoms with Crippen LogP contribution in [0.25, 0.3) is 11.0 Å². The quantitative estimate of drug-likeness (QED) is 0.613. The largest absolute Gasteiger partial charge is 0.355 e. The van der Waals surface area contributed by atoms with Gasteiger partial charge in [-0.05, 0) is 0 Å². The lowest BCUT2D eigenvalue weighted by molar-refractivity contribution is 0.585. The van der Waals surface area contributed by atoms with Crippen LogP contribution in [0, 0.1) is 0 Å². The average molecular weight is 219 g/mol. The number of nitrogens with one attached hydrogen (secondary N) is 3. The van der Waals surface area contributed by atoms with Gasteiger partial charge in [0, 0.05) is 32.2 Å². The van der Waals surface area contributed by atoms with Crippen molar-refractivity contribution in [3.63, 3.8) is 0 Å². The highest BCUT2D eigenvalue weighted by atomic mass is 16.1. The van der Waals surface area contributed by atoms with Crippen LogP contribution >= 0.6 is 0 Å². The van der Waals surface area contributed by atoms with Crippen LogP contribution in [0.4, 0.5) is 5.82 Å². The van der Waals surface area contributed by atoms with Gasteiger partial charge >= 0.3 is 0 Å². The topological polar surface area (TPSA) is 76.8 Å². The van der Waals surface area contributed by atoms with E-state index in [2.05, 4.69) is 25.2 Å². The van der Waals surface area contributed by atoms with E-state index in [1.165, 1.54) is 0 Å². The predicted octanol–water partition coefficient (Wildman–Crippen LogP) is -0.339. The van der Waals surface area contributed by atoms with Gasteiger partial charge in [0.2, 0.25) is 0 Å². The lowest BCUT2D eigenvalue weighted by Gasteiger charge is -2.28. The fraction of sp³-hybridized carbons (Fsp3) is 0.400. The molecule has 1 aliphatic heterocycles. The monoisotopic (exact) mass is 219 g/mol. The summed E-state index contributed by atoms with van der Waals surface area (Å²) in [5.41, 5.74) is 1.13. The highest BCUT2D eigenvalue weighted by Gasteiger charge is 2.13. The van der Waals surface area contributed by atoms with Crippen molar-refractivity contribution in [3.8, 4) is 0 Å². The number of aromatic nitrogens is 3. The molecule has 0 aromatic carbocycles. The second-order valence-electron chi connectivity index (χ2n) is 3.89. The van der Waals surface area contributed by atoms with Gasteiger partial charge in [0.1, 0.15) is 5.82 Å². The molecule has 0 radical (unpaired) electrons. The lowest BCUT2D eigenvalue weighted by Crippen LogP contribution is -2.44. The summed E-state index contributed by atoms with van der Waals surface area (Å²) in [6.07, 6.45) is 1.54. The number of piperazine rings is 1. The van der Waals surface area contributed by atoms with Gasteiger partial charge in [0.15, 0.2) is 5.52 Å². The van der Waals surface area contributed by atoms with Crippen LogP contribution in [-0.2, 0) is 0 Å². The van der Waals surface area contributed by atoms with Crippen LogP contribution in [0.3, 0.4) is 0 Å². The molecule has 0 spiro atoms. The molecule has 3 heterocycles. The first-order chi connectivity index (χ1) is 7.84. The molecule has 1 fully saturated rings. The zero-order valence-electron chi connectivity index (χ0n) is 8.79. The van der Waals surface area contributed by atoms with Crippen LogP contribution in [-0.4, -0.2) is 41.1 Å². The van der Waals surface area contributed by atoms with Crippen LogP contribution in [0.1, 0.15) is 0 Å². The van der Waals surface area contributed by atoms with Crippen molar-refractivity contribution in [1.82, 2.24) is 20.3 Å². The Balaban J connectivity index is 2.06. The molecule has 3 N–H and O–H groups in total. The van der Waals surface area contributed by atoms with Gasteiger partial charge in [-0.1, -0.05) is 0 Å². The number of H-pyrrole nitrogens is 2. The van der Waals surface area contributed by atoms with Gasteiger partial charge in [-0.25, -0.2) is 4.98 Å². The molecule has 2 aromatic heterocycles. The first kappa shape index (κ1) is 9.41. The minimum atomic E-state index is -0.132. The molecule has 0 aliphatic carbocycles. The van der Waals surface area contributed by atoms with Gasteiger partial charge in [-0.2, -0.15) is 0 Å². The van der Waals surface area contributed by atoms with Crippen molar-refractivity contribution in [2.24, 2.45) is 0 Å². The fourth-order valence-electron chi connectivity index (χ4n) is 2.02. The molecule has 0 saturated carbocycles. The Labute approximate surface area is 91.7 Å². The Hall–Kier alpha value is -1.82. The van der Waals surface area contributed by atoms with Crippen molar-refractivity contribution in [2.75, 3.05) is 31.1 Å². The van der Waals surface area contributed by atoms with E-state index >= 15 is 0 Å². The maximum absolute atomic E-state index is 11.7. The molecular formula is C10H13N5O. The molecule has 3 rings (SSSR count). The molecule has 2 aromatic rings. The zero-order valence-corrected chi connectivity index (χ0v) is 8.79. The summed E-state index contributed by atoms with van der Waals surface area (Å²) in [6.45, 7) is 3.72. The standard InChI is InChI=1S/C10H13N5O/c16-10-9-7(12-6-13-9)5-8(14-10)15-3-1-11-2-4-15/h5-6,11H,1-4H2,(H,12,13)(H,14,16). The minimum Gasteiger partial charge on any atom is -0.355 e. The van der Waals surface area contributed by atoms with Gasteiger partial charge in [-0.3, -0.25) is 4.79 Å². The predicted molar refractivity (Wildman–Crippen MR) is 61.8 cm³/mol. The number of aromatic amines is 2.